The van der Waals surface area contributed by atoms with Crippen LogP contribution >= 0.6 is 39.9 Å². The minimum Gasteiger partial charge on any atom is -0.377 e. The molecule has 3 rings (SSSR count). The Hall–Kier alpha value is -1.20. The second-order valence-electron chi connectivity index (χ2n) is 7.76. The number of ether oxygens (including phenoxy) is 1. The van der Waals surface area contributed by atoms with Crippen molar-refractivity contribution in [3.8, 4) is 0 Å². The number of halogens is 2. The van der Waals surface area contributed by atoms with E-state index in [1.165, 1.54) is 5.56 Å². The molecule has 29 heavy (non-hydrogen) atoms. The molecule has 0 radical (unpaired) electrons. The minimum atomic E-state index is -0.0149. The number of benzene rings is 1. The summed E-state index contributed by atoms with van der Waals surface area (Å²) in [7, 11) is 3.47. The summed E-state index contributed by atoms with van der Waals surface area (Å²) in [4.78, 5) is 8.94. The van der Waals surface area contributed by atoms with Gasteiger partial charge in [-0.05, 0) is 24.1 Å². The fourth-order valence-electron chi connectivity index (χ4n) is 3.36. The van der Waals surface area contributed by atoms with Crippen molar-refractivity contribution in [1.82, 2.24) is 25.4 Å². The lowest BCUT2D eigenvalue weighted by Gasteiger charge is -2.29. The third-order valence-electron chi connectivity index (χ3n) is 5.06. The first kappa shape index (κ1) is 24.1. The molecular formula is C20H30BrIN6O. The molecule has 2 aromatic rings. The largest absolute Gasteiger partial charge is 0.377 e. The number of hydrogen-bond donors (Lipinski definition) is 2. The van der Waals surface area contributed by atoms with Crippen LogP contribution in [0.15, 0.2) is 33.7 Å². The lowest BCUT2D eigenvalue weighted by molar-refractivity contribution is 0.177. The van der Waals surface area contributed by atoms with E-state index in [4.69, 9.17) is 4.74 Å². The number of methoxy groups -OCH3 is 1. The van der Waals surface area contributed by atoms with Crippen LogP contribution in [0.25, 0.3) is 0 Å². The first-order valence-corrected chi connectivity index (χ1v) is 10.4. The Morgan fingerprint density at radius 3 is 2.72 bits per heavy atom. The Morgan fingerprint density at radius 2 is 2.07 bits per heavy atom. The van der Waals surface area contributed by atoms with Crippen molar-refractivity contribution in [1.29, 1.82) is 0 Å². The molecule has 1 atom stereocenters. The highest BCUT2D eigenvalue weighted by molar-refractivity contribution is 14.0. The van der Waals surface area contributed by atoms with Gasteiger partial charge in [-0.15, -0.1) is 24.0 Å². The molecule has 1 aromatic heterocycles. The molecule has 0 fully saturated rings. The standard InChI is InChI=1S/C20H29BrN6O.HI/c1-20(2,14-5-7-15(21)8-6-14)13-23-19(22-3)24-16-9-10-18-25-17(12-28-4)26-27(18)11-16;/h5-8,16H,9-13H2,1-4H3,(H2,22,23,24);1H. The van der Waals surface area contributed by atoms with Crippen molar-refractivity contribution in [3.63, 3.8) is 0 Å². The highest BCUT2D eigenvalue weighted by atomic mass is 127. The van der Waals surface area contributed by atoms with Crippen LogP contribution in [-0.4, -0.2) is 47.5 Å². The average molecular weight is 577 g/mol. The van der Waals surface area contributed by atoms with Crippen LogP contribution < -0.4 is 10.6 Å². The van der Waals surface area contributed by atoms with Crippen molar-refractivity contribution in [2.24, 2.45) is 4.99 Å². The van der Waals surface area contributed by atoms with Gasteiger partial charge in [-0.25, -0.2) is 9.67 Å². The predicted octanol–water partition coefficient (Wildman–Crippen LogP) is 3.26. The Kier molecular flexibility index (Phi) is 8.90. The van der Waals surface area contributed by atoms with E-state index in [9.17, 15) is 0 Å². The number of hydrogen-bond acceptors (Lipinski definition) is 4. The topological polar surface area (TPSA) is 76.4 Å². The summed E-state index contributed by atoms with van der Waals surface area (Å²) >= 11 is 3.50. The third-order valence-corrected chi connectivity index (χ3v) is 5.59. The molecule has 0 saturated carbocycles. The van der Waals surface area contributed by atoms with E-state index in [1.54, 1.807) is 7.11 Å². The molecule has 7 nitrogen and oxygen atoms in total. The number of fused-ring (bicyclic) bond motifs is 1. The predicted molar refractivity (Wildman–Crippen MR) is 130 cm³/mol. The van der Waals surface area contributed by atoms with Crippen molar-refractivity contribution in [2.45, 2.75) is 51.3 Å². The zero-order chi connectivity index (χ0) is 20.1. The molecule has 2 heterocycles. The molecule has 0 aliphatic carbocycles. The Labute approximate surface area is 198 Å². The lowest BCUT2D eigenvalue weighted by Crippen LogP contribution is -2.49. The Morgan fingerprint density at radius 1 is 1.34 bits per heavy atom. The lowest BCUT2D eigenvalue weighted by atomic mass is 9.85. The van der Waals surface area contributed by atoms with Gasteiger partial charge >= 0.3 is 0 Å². The third kappa shape index (κ3) is 6.39. The fraction of sp³-hybridized carbons (Fsp3) is 0.550. The van der Waals surface area contributed by atoms with Gasteiger partial charge in [0, 0.05) is 43.1 Å². The van der Waals surface area contributed by atoms with Gasteiger partial charge in [0.2, 0.25) is 0 Å². The Balaban J connectivity index is 0.00000300. The average Bonchev–Trinajstić information content (AvgIpc) is 3.07. The van der Waals surface area contributed by atoms with E-state index in [-0.39, 0.29) is 35.4 Å². The summed E-state index contributed by atoms with van der Waals surface area (Å²) in [6.07, 6.45) is 1.90. The number of nitrogens with zero attached hydrogens (tertiary/aromatic N) is 4. The molecular weight excluding hydrogens is 547 g/mol. The summed E-state index contributed by atoms with van der Waals surface area (Å²) < 4.78 is 8.21. The van der Waals surface area contributed by atoms with Gasteiger partial charge in [0.15, 0.2) is 11.8 Å². The summed E-state index contributed by atoms with van der Waals surface area (Å²) in [6.45, 7) is 6.48. The van der Waals surface area contributed by atoms with Gasteiger partial charge < -0.3 is 15.4 Å². The molecule has 0 spiro atoms. The monoisotopic (exact) mass is 576 g/mol. The molecule has 2 N–H and O–H groups in total. The van der Waals surface area contributed by atoms with Crippen LogP contribution in [0, 0.1) is 0 Å². The smallest absolute Gasteiger partial charge is 0.191 e. The summed E-state index contributed by atoms with van der Waals surface area (Å²) in [5.74, 6) is 2.59. The van der Waals surface area contributed by atoms with Crippen molar-refractivity contribution in [2.75, 3.05) is 20.7 Å². The van der Waals surface area contributed by atoms with Gasteiger partial charge in [0.1, 0.15) is 12.4 Å². The van der Waals surface area contributed by atoms with Crippen molar-refractivity contribution >= 4 is 45.9 Å². The number of aromatic nitrogens is 3. The normalized spacial score (nSPS) is 16.7. The molecule has 0 amide bonds. The summed E-state index contributed by atoms with van der Waals surface area (Å²) in [5.41, 5.74) is 1.27. The highest BCUT2D eigenvalue weighted by Crippen LogP contribution is 2.24. The maximum absolute atomic E-state index is 5.14. The zero-order valence-corrected chi connectivity index (χ0v) is 21.3. The van der Waals surface area contributed by atoms with Gasteiger partial charge in [-0.2, -0.15) is 5.10 Å². The number of rotatable bonds is 6. The molecule has 1 aliphatic rings. The molecule has 0 saturated heterocycles. The van der Waals surface area contributed by atoms with E-state index in [0.717, 1.165) is 48.0 Å². The van der Waals surface area contributed by atoms with Gasteiger partial charge in [-0.3, -0.25) is 4.99 Å². The van der Waals surface area contributed by atoms with Crippen molar-refractivity contribution in [3.05, 3.63) is 46.0 Å². The second kappa shape index (κ2) is 10.7. The van der Waals surface area contributed by atoms with Crippen LogP contribution in [0.4, 0.5) is 0 Å². The van der Waals surface area contributed by atoms with Crippen LogP contribution in [0.3, 0.4) is 0 Å². The fourth-order valence-corrected chi connectivity index (χ4v) is 3.63. The first-order valence-electron chi connectivity index (χ1n) is 9.56. The second-order valence-corrected chi connectivity index (χ2v) is 8.67. The van der Waals surface area contributed by atoms with Crippen LogP contribution in [-0.2, 0) is 29.7 Å². The number of nitrogens with one attached hydrogen (secondary N) is 2. The quantitative estimate of drug-likeness (QED) is 0.314. The number of aryl methyl sites for hydroxylation is 1. The molecule has 0 bridgehead atoms. The molecule has 9 heteroatoms. The molecule has 1 unspecified atom stereocenters. The molecule has 160 valence electrons. The Bertz CT molecular complexity index is 821. The van der Waals surface area contributed by atoms with Crippen molar-refractivity contribution < 1.29 is 4.74 Å². The van der Waals surface area contributed by atoms with E-state index in [2.05, 4.69) is 79.8 Å². The first-order chi connectivity index (χ1) is 13.4. The van der Waals surface area contributed by atoms with Crippen LogP contribution in [0.5, 0.6) is 0 Å². The molecule has 1 aromatic carbocycles. The van der Waals surface area contributed by atoms with Crippen LogP contribution in [0.1, 0.15) is 37.5 Å². The van der Waals surface area contributed by atoms with E-state index in [1.807, 2.05) is 11.7 Å². The zero-order valence-electron chi connectivity index (χ0n) is 17.4. The van der Waals surface area contributed by atoms with E-state index in [0.29, 0.717) is 6.61 Å². The number of guanidine groups is 1. The summed E-state index contributed by atoms with van der Waals surface area (Å²) in [5, 5.41) is 11.5. The van der Waals surface area contributed by atoms with Gasteiger partial charge in [0.25, 0.3) is 0 Å². The van der Waals surface area contributed by atoms with Gasteiger partial charge in [-0.1, -0.05) is 41.9 Å². The maximum Gasteiger partial charge on any atom is 0.191 e. The van der Waals surface area contributed by atoms with E-state index < -0.39 is 0 Å². The SMILES string of the molecule is CN=C(NCC(C)(C)c1ccc(Br)cc1)NC1CCc2nc(COC)nn2C1.I. The van der Waals surface area contributed by atoms with Crippen LogP contribution in [0.2, 0.25) is 0 Å². The number of aliphatic imine (C=N–C) groups is 1. The van der Waals surface area contributed by atoms with E-state index >= 15 is 0 Å². The molecule has 1 aliphatic heterocycles. The minimum absolute atomic E-state index is 0. The highest BCUT2D eigenvalue weighted by Gasteiger charge is 2.24. The summed E-state index contributed by atoms with van der Waals surface area (Å²) in [6, 6.07) is 8.76. The van der Waals surface area contributed by atoms with Gasteiger partial charge in [0.05, 0.1) is 6.54 Å². The maximum atomic E-state index is 5.14.